The fourth-order valence-corrected chi connectivity index (χ4v) is 3.64. The Morgan fingerprint density at radius 1 is 1.28 bits per heavy atom. The van der Waals surface area contributed by atoms with Gasteiger partial charge < -0.3 is 15.0 Å². The lowest BCUT2D eigenvalue weighted by Gasteiger charge is -2.40. The monoisotopic (exact) mass is 344 g/mol. The summed E-state index contributed by atoms with van der Waals surface area (Å²) in [7, 11) is 0. The highest BCUT2D eigenvalue weighted by molar-refractivity contribution is 5.39. The van der Waals surface area contributed by atoms with Gasteiger partial charge in [-0.05, 0) is 31.9 Å². The summed E-state index contributed by atoms with van der Waals surface area (Å²) in [6.45, 7) is 4.28. The number of rotatable bonds is 3. The van der Waals surface area contributed by atoms with Crippen molar-refractivity contribution in [2.45, 2.75) is 37.8 Å². The van der Waals surface area contributed by atoms with Gasteiger partial charge in [0, 0.05) is 19.5 Å². The molecule has 0 aromatic carbocycles. The number of anilines is 2. The Labute approximate surface area is 145 Å². The second-order valence-corrected chi connectivity index (χ2v) is 6.82. The van der Waals surface area contributed by atoms with Crippen LogP contribution in [0, 0.1) is 12.7 Å². The van der Waals surface area contributed by atoms with Crippen LogP contribution in [-0.4, -0.2) is 51.5 Å². The molecule has 132 valence electrons. The maximum absolute atomic E-state index is 12.9. The van der Waals surface area contributed by atoms with E-state index in [0.717, 1.165) is 43.9 Å². The summed E-state index contributed by atoms with van der Waals surface area (Å²) in [6, 6.07) is 4.11. The van der Waals surface area contributed by atoms with Crippen LogP contribution in [-0.2, 0) is 4.74 Å². The fourth-order valence-electron chi connectivity index (χ4n) is 3.64. The van der Waals surface area contributed by atoms with Gasteiger partial charge in [0.1, 0.15) is 0 Å². The van der Waals surface area contributed by atoms with E-state index in [1.165, 1.54) is 12.4 Å². The number of nitrogens with one attached hydrogen (secondary N) is 1. The van der Waals surface area contributed by atoms with E-state index in [0.29, 0.717) is 12.6 Å². The predicted octanol–water partition coefficient (Wildman–Crippen LogP) is 1.95. The van der Waals surface area contributed by atoms with Crippen molar-refractivity contribution in [3.05, 3.63) is 36.0 Å². The first-order chi connectivity index (χ1) is 12.1. The Balaban J connectivity index is 1.42. The fraction of sp³-hybridized carbons (Fsp3) is 0.529. The average Bonchev–Trinajstić information content (AvgIpc) is 2.99. The van der Waals surface area contributed by atoms with Gasteiger partial charge in [0.15, 0.2) is 11.6 Å². The first-order valence-electron chi connectivity index (χ1n) is 8.55. The number of nitrogens with zero attached hydrogens (tertiary/aromatic N) is 5. The second kappa shape index (κ2) is 6.51. The third-order valence-electron chi connectivity index (χ3n) is 4.81. The zero-order chi connectivity index (χ0) is 17.3. The van der Waals surface area contributed by atoms with Crippen LogP contribution in [0.5, 0.6) is 0 Å². The van der Waals surface area contributed by atoms with Crippen molar-refractivity contribution >= 4 is 11.8 Å². The first-order valence-corrected chi connectivity index (χ1v) is 8.55. The summed E-state index contributed by atoms with van der Waals surface area (Å²) >= 11 is 0. The van der Waals surface area contributed by atoms with Crippen LogP contribution in [0.4, 0.5) is 16.2 Å². The van der Waals surface area contributed by atoms with E-state index in [2.05, 4.69) is 30.4 Å². The minimum atomic E-state index is -0.438. The quantitative estimate of drug-likeness (QED) is 0.912. The highest BCUT2D eigenvalue weighted by Gasteiger charge is 2.44. The summed E-state index contributed by atoms with van der Waals surface area (Å²) in [5.74, 6) is 0.891. The van der Waals surface area contributed by atoms with Crippen LogP contribution < -0.4 is 10.2 Å². The van der Waals surface area contributed by atoms with E-state index >= 15 is 0 Å². The van der Waals surface area contributed by atoms with Crippen LogP contribution in [0.25, 0.3) is 0 Å². The van der Waals surface area contributed by atoms with Crippen LogP contribution in [0.3, 0.4) is 0 Å². The molecule has 2 atom stereocenters. The van der Waals surface area contributed by atoms with Crippen LogP contribution in [0.15, 0.2) is 24.5 Å². The number of hydrogen-bond donors (Lipinski definition) is 1. The van der Waals surface area contributed by atoms with Gasteiger partial charge >= 0.3 is 0 Å². The lowest BCUT2D eigenvalue weighted by molar-refractivity contribution is -0.00654. The lowest BCUT2D eigenvalue weighted by atomic mass is 9.88. The van der Waals surface area contributed by atoms with Crippen LogP contribution >= 0.6 is 0 Å². The number of aromatic nitrogens is 4. The minimum absolute atomic E-state index is 0.120. The lowest BCUT2D eigenvalue weighted by Crippen LogP contribution is -2.48. The maximum Gasteiger partial charge on any atom is 0.223 e. The number of piperidine rings is 1. The number of aryl methyl sites for hydroxylation is 1. The molecule has 0 radical (unpaired) electrons. The Hall–Kier alpha value is -2.35. The largest absolute Gasteiger partial charge is 0.371 e. The molecule has 0 aliphatic carbocycles. The Bertz CT molecular complexity index is 725. The molecule has 2 aliphatic rings. The molecule has 0 unspecified atom stereocenters. The molecule has 0 saturated carbocycles. The van der Waals surface area contributed by atoms with Gasteiger partial charge in [0.2, 0.25) is 5.95 Å². The molecule has 7 nitrogen and oxygen atoms in total. The summed E-state index contributed by atoms with van der Waals surface area (Å²) in [5, 5.41) is 11.7. The minimum Gasteiger partial charge on any atom is -0.371 e. The molecule has 2 aromatic rings. The highest BCUT2D eigenvalue weighted by Crippen LogP contribution is 2.36. The topological polar surface area (TPSA) is 76.1 Å². The van der Waals surface area contributed by atoms with Gasteiger partial charge in [-0.15, -0.1) is 5.10 Å². The van der Waals surface area contributed by atoms with Crippen LogP contribution in [0.1, 0.15) is 25.0 Å². The molecule has 2 aliphatic heterocycles. The second-order valence-electron chi connectivity index (χ2n) is 6.82. The summed E-state index contributed by atoms with van der Waals surface area (Å²) in [5.41, 5.74) is 0.721. The predicted molar refractivity (Wildman–Crippen MR) is 90.9 cm³/mol. The van der Waals surface area contributed by atoms with Crippen molar-refractivity contribution in [2.75, 3.05) is 29.9 Å². The molecular formula is C17H21FN6O. The number of halogens is 1. The van der Waals surface area contributed by atoms with Crippen molar-refractivity contribution in [2.24, 2.45) is 0 Å². The smallest absolute Gasteiger partial charge is 0.223 e. The Morgan fingerprint density at radius 3 is 2.88 bits per heavy atom. The van der Waals surface area contributed by atoms with Gasteiger partial charge in [-0.25, -0.2) is 14.4 Å². The molecule has 25 heavy (non-hydrogen) atoms. The van der Waals surface area contributed by atoms with Crippen molar-refractivity contribution in [1.29, 1.82) is 0 Å². The van der Waals surface area contributed by atoms with E-state index in [9.17, 15) is 4.39 Å². The normalized spacial score (nSPS) is 26.2. The van der Waals surface area contributed by atoms with Crippen molar-refractivity contribution in [3.8, 4) is 0 Å². The highest BCUT2D eigenvalue weighted by atomic mass is 19.1. The van der Waals surface area contributed by atoms with Crippen molar-refractivity contribution < 1.29 is 9.13 Å². The molecular weight excluding hydrogens is 323 g/mol. The van der Waals surface area contributed by atoms with E-state index in [1.54, 1.807) is 0 Å². The molecule has 4 heterocycles. The average molecular weight is 344 g/mol. The third kappa shape index (κ3) is 3.53. The summed E-state index contributed by atoms with van der Waals surface area (Å²) < 4.78 is 19.1. The third-order valence-corrected chi connectivity index (χ3v) is 4.81. The molecule has 1 N–H and O–H groups in total. The van der Waals surface area contributed by atoms with E-state index < -0.39 is 5.82 Å². The molecule has 0 bridgehead atoms. The Kier molecular flexibility index (Phi) is 4.20. The van der Waals surface area contributed by atoms with Crippen LogP contribution in [0.2, 0.25) is 0 Å². The van der Waals surface area contributed by atoms with Gasteiger partial charge in [0.05, 0.1) is 36.3 Å². The van der Waals surface area contributed by atoms with Gasteiger partial charge in [-0.3, -0.25) is 0 Å². The standard InChI is InChI=1S/C17H21FN6O/c1-12-3-4-15(23-22-12)24-6-2-5-17(11-24)7-14(10-25-17)21-16-19-8-13(18)9-20-16/h3-4,8-9,14H,2,5-7,10-11H2,1H3,(H,19,20,21)/t14-,17-/m1/s1. The van der Waals surface area contributed by atoms with E-state index in [-0.39, 0.29) is 11.6 Å². The molecule has 0 amide bonds. The SMILES string of the molecule is Cc1ccc(N2CCC[C@@]3(C[C@@H](Nc4ncc(F)cn4)CO3)C2)nn1. The molecule has 1 spiro atoms. The van der Waals surface area contributed by atoms with E-state index in [4.69, 9.17) is 4.74 Å². The Morgan fingerprint density at radius 2 is 2.12 bits per heavy atom. The van der Waals surface area contributed by atoms with Crippen molar-refractivity contribution in [3.63, 3.8) is 0 Å². The zero-order valence-electron chi connectivity index (χ0n) is 14.2. The zero-order valence-corrected chi connectivity index (χ0v) is 14.2. The molecule has 8 heteroatoms. The maximum atomic E-state index is 12.9. The van der Waals surface area contributed by atoms with Gasteiger partial charge in [-0.2, -0.15) is 5.10 Å². The molecule has 2 fully saturated rings. The number of ether oxygens (including phenoxy) is 1. The van der Waals surface area contributed by atoms with Gasteiger partial charge in [-0.1, -0.05) is 0 Å². The molecule has 2 saturated heterocycles. The number of hydrogen-bond acceptors (Lipinski definition) is 7. The van der Waals surface area contributed by atoms with E-state index in [1.807, 2.05) is 19.1 Å². The summed E-state index contributed by atoms with van der Waals surface area (Å²) in [4.78, 5) is 10.2. The molecule has 4 rings (SSSR count). The summed E-state index contributed by atoms with van der Waals surface area (Å²) in [6.07, 6.45) is 5.27. The van der Waals surface area contributed by atoms with Crippen molar-refractivity contribution in [1.82, 2.24) is 20.2 Å². The van der Waals surface area contributed by atoms with Gasteiger partial charge in [0.25, 0.3) is 0 Å². The molecule has 2 aromatic heterocycles. The first kappa shape index (κ1) is 16.1.